The minimum atomic E-state index is -0.265. The molecular formula is C15H15ClN4. The van der Waals surface area contributed by atoms with Gasteiger partial charge in [0.15, 0.2) is 0 Å². The zero-order valence-corrected chi connectivity index (χ0v) is 11.9. The second-order valence-electron chi connectivity index (χ2n) is 4.76. The van der Waals surface area contributed by atoms with Gasteiger partial charge in [-0.15, -0.1) is 0 Å². The standard InChI is InChI=1S/C15H15ClN4/c1-20-13-7-3-2-6-12(13)19-14(20)9-11(17)15-10(16)5-4-8-18-15/h2-8,11H,9,17H2,1H3. The van der Waals surface area contributed by atoms with Gasteiger partial charge in [0.05, 0.1) is 27.8 Å². The molecule has 5 heteroatoms. The van der Waals surface area contributed by atoms with Gasteiger partial charge in [0, 0.05) is 19.7 Å². The number of nitrogens with two attached hydrogens (primary N) is 1. The average molecular weight is 287 g/mol. The number of nitrogens with zero attached hydrogens (tertiary/aromatic N) is 3. The van der Waals surface area contributed by atoms with Crippen LogP contribution in [0.25, 0.3) is 11.0 Å². The van der Waals surface area contributed by atoms with E-state index in [2.05, 4.69) is 14.5 Å². The summed E-state index contributed by atoms with van der Waals surface area (Å²) in [6.07, 6.45) is 2.30. The van der Waals surface area contributed by atoms with Crippen molar-refractivity contribution in [3.8, 4) is 0 Å². The van der Waals surface area contributed by atoms with E-state index in [0.717, 1.165) is 16.9 Å². The Morgan fingerprint density at radius 3 is 2.80 bits per heavy atom. The maximum atomic E-state index is 6.22. The lowest BCUT2D eigenvalue weighted by molar-refractivity contribution is 0.648. The summed E-state index contributed by atoms with van der Waals surface area (Å²) >= 11 is 6.13. The first kappa shape index (κ1) is 13.1. The van der Waals surface area contributed by atoms with Crippen LogP contribution in [0.1, 0.15) is 17.6 Å². The summed E-state index contributed by atoms with van der Waals surface area (Å²) in [6, 6.07) is 11.4. The van der Waals surface area contributed by atoms with Crippen LogP contribution in [0.5, 0.6) is 0 Å². The molecule has 0 aliphatic heterocycles. The van der Waals surface area contributed by atoms with Crippen LogP contribution in [0.4, 0.5) is 0 Å². The number of hydrogen-bond donors (Lipinski definition) is 1. The first-order chi connectivity index (χ1) is 9.66. The van der Waals surface area contributed by atoms with Crippen molar-refractivity contribution in [2.75, 3.05) is 0 Å². The third-order valence-corrected chi connectivity index (χ3v) is 3.74. The van der Waals surface area contributed by atoms with E-state index < -0.39 is 0 Å². The van der Waals surface area contributed by atoms with Crippen molar-refractivity contribution in [1.82, 2.24) is 14.5 Å². The summed E-state index contributed by atoms with van der Waals surface area (Å²) in [5, 5.41) is 0.596. The first-order valence-corrected chi connectivity index (χ1v) is 6.81. The van der Waals surface area contributed by atoms with Crippen molar-refractivity contribution >= 4 is 22.6 Å². The Balaban J connectivity index is 1.93. The van der Waals surface area contributed by atoms with Crippen LogP contribution in [0.3, 0.4) is 0 Å². The van der Waals surface area contributed by atoms with Gasteiger partial charge in [0.2, 0.25) is 0 Å². The van der Waals surface area contributed by atoms with Gasteiger partial charge in [0.25, 0.3) is 0 Å². The highest BCUT2D eigenvalue weighted by molar-refractivity contribution is 6.31. The van der Waals surface area contributed by atoms with Crippen LogP contribution in [-0.4, -0.2) is 14.5 Å². The molecule has 1 atom stereocenters. The van der Waals surface area contributed by atoms with E-state index in [1.165, 1.54) is 0 Å². The molecule has 0 saturated heterocycles. The molecule has 1 unspecified atom stereocenters. The third kappa shape index (κ3) is 2.28. The Labute approximate surface area is 122 Å². The van der Waals surface area contributed by atoms with Gasteiger partial charge in [0.1, 0.15) is 5.82 Å². The van der Waals surface area contributed by atoms with Gasteiger partial charge in [-0.25, -0.2) is 4.98 Å². The van der Waals surface area contributed by atoms with Gasteiger partial charge in [-0.3, -0.25) is 4.98 Å². The Kier molecular flexibility index (Phi) is 3.42. The molecule has 0 saturated carbocycles. The summed E-state index contributed by atoms with van der Waals surface area (Å²) in [4.78, 5) is 8.88. The Hall–Kier alpha value is -1.91. The number of imidazole rings is 1. The van der Waals surface area contributed by atoms with Gasteiger partial charge in [-0.1, -0.05) is 23.7 Å². The van der Waals surface area contributed by atoms with E-state index in [9.17, 15) is 0 Å². The number of hydrogen-bond acceptors (Lipinski definition) is 3. The number of rotatable bonds is 3. The quantitative estimate of drug-likeness (QED) is 0.805. The number of fused-ring (bicyclic) bond motifs is 1. The number of halogens is 1. The molecule has 3 aromatic rings. The summed E-state index contributed by atoms with van der Waals surface area (Å²) in [6.45, 7) is 0. The molecule has 0 amide bonds. The maximum Gasteiger partial charge on any atom is 0.111 e. The topological polar surface area (TPSA) is 56.7 Å². The van der Waals surface area contributed by atoms with Crippen LogP contribution < -0.4 is 5.73 Å². The molecule has 102 valence electrons. The smallest absolute Gasteiger partial charge is 0.111 e. The molecule has 2 aromatic heterocycles. The molecule has 1 aromatic carbocycles. The van der Waals surface area contributed by atoms with Crippen LogP contribution in [0, 0.1) is 0 Å². The highest BCUT2D eigenvalue weighted by Gasteiger charge is 2.16. The van der Waals surface area contributed by atoms with Crippen molar-refractivity contribution in [1.29, 1.82) is 0 Å². The van der Waals surface area contributed by atoms with Gasteiger partial charge in [-0.2, -0.15) is 0 Å². The molecule has 20 heavy (non-hydrogen) atoms. The average Bonchev–Trinajstić information content (AvgIpc) is 2.76. The number of pyridine rings is 1. The number of benzene rings is 1. The minimum absolute atomic E-state index is 0.265. The van der Waals surface area contributed by atoms with Gasteiger partial charge < -0.3 is 10.3 Å². The molecule has 0 radical (unpaired) electrons. The van der Waals surface area contributed by atoms with Gasteiger partial charge >= 0.3 is 0 Å². The molecule has 0 fully saturated rings. The van der Waals surface area contributed by atoms with E-state index in [0.29, 0.717) is 17.1 Å². The second-order valence-corrected chi connectivity index (χ2v) is 5.16. The number of aromatic nitrogens is 3. The zero-order valence-electron chi connectivity index (χ0n) is 11.1. The zero-order chi connectivity index (χ0) is 14.1. The fraction of sp³-hybridized carbons (Fsp3) is 0.200. The lowest BCUT2D eigenvalue weighted by atomic mass is 10.1. The van der Waals surface area contributed by atoms with Crippen LogP contribution >= 0.6 is 11.6 Å². The minimum Gasteiger partial charge on any atom is -0.331 e. The Bertz CT molecular complexity index is 750. The van der Waals surface area contributed by atoms with Crippen molar-refractivity contribution in [2.24, 2.45) is 12.8 Å². The predicted molar refractivity (Wildman–Crippen MR) is 80.6 cm³/mol. The summed E-state index contributed by atoms with van der Waals surface area (Å²) in [5.74, 6) is 0.931. The van der Waals surface area contributed by atoms with Crippen LogP contribution in [0.15, 0.2) is 42.6 Å². The van der Waals surface area contributed by atoms with E-state index in [1.54, 1.807) is 18.3 Å². The third-order valence-electron chi connectivity index (χ3n) is 3.42. The SMILES string of the molecule is Cn1c(CC(N)c2ncccc2Cl)nc2ccccc21. The molecule has 4 nitrogen and oxygen atoms in total. The normalized spacial score (nSPS) is 12.8. The van der Waals surface area contributed by atoms with Crippen LogP contribution in [-0.2, 0) is 13.5 Å². The van der Waals surface area contributed by atoms with E-state index >= 15 is 0 Å². The Morgan fingerprint density at radius 1 is 1.25 bits per heavy atom. The molecule has 0 aliphatic rings. The molecule has 2 N–H and O–H groups in total. The summed E-state index contributed by atoms with van der Waals surface area (Å²) in [7, 11) is 2.00. The fourth-order valence-electron chi connectivity index (χ4n) is 2.34. The lowest BCUT2D eigenvalue weighted by Gasteiger charge is -2.12. The monoisotopic (exact) mass is 286 g/mol. The fourth-order valence-corrected chi connectivity index (χ4v) is 2.60. The van der Waals surface area contributed by atoms with E-state index in [1.807, 2.05) is 31.3 Å². The highest BCUT2D eigenvalue weighted by Crippen LogP contribution is 2.23. The van der Waals surface area contributed by atoms with E-state index in [-0.39, 0.29) is 6.04 Å². The maximum absolute atomic E-state index is 6.22. The van der Waals surface area contributed by atoms with Gasteiger partial charge in [-0.05, 0) is 24.3 Å². The number of para-hydroxylation sites is 2. The molecule has 3 rings (SSSR count). The van der Waals surface area contributed by atoms with Crippen LogP contribution in [0.2, 0.25) is 5.02 Å². The molecular weight excluding hydrogens is 272 g/mol. The summed E-state index contributed by atoms with van der Waals surface area (Å²) in [5.41, 5.74) is 9.00. The molecule has 0 spiro atoms. The highest BCUT2D eigenvalue weighted by atomic mass is 35.5. The molecule has 0 aliphatic carbocycles. The Morgan fingerprint density at radius 2 is 2.05 bits per heavy atom. The summed E-state index contributed by atoms with van der Waals surface area (Å²) < 4.78 is 2.06. The van der Waals surface area contributed by atoms with Crippen molar-refractivity contribution in [3.63, 3.8) is 0 Å². The lowest BCUT2D eigenvalue weighted by Crippen LogP contribution is -2.17. The number of aryl methyl sites for hydroxylation is 1. The van der Waals surface area contributed by atoms with Crippen molar-refractivity contribution < 1.29 is 0 Å². The predicted octanol–water partition coefficient (Wildman–Crippen LogP) is 2.86. The first-order valence-electron chi connectivity index (χ1n) is 6.43. The van der Waals surface area contributed by atoms with Crippen molar-refractivity contribution in [2.45, 2.75) is 12.5 Å². The van der Waals surface area contributed by atoms with Crippen molar-refractivity contribution in [3.05, 3.63) is 59.1 Å². The second kappa shape index (κ2) is 5.23. The molecule has 2 heterocycles. The van der Waals surface area contributed by atoms with E-state index in [4.69, 9.17) is 17.3 Å². The molecule has 0 bridgehead atoms. The largest absolute Gasteiger partial charge is 0.331 e.